The van der Waals surface area contributed by atoms with Crippen molar-refractivity contribution in [2.45, 2.75) is 65.0 Å². The second kappa shape index (κ2) is 6.19. The number of hydrogen-bond acceptors (Lipinski definition) is 2. The third kappa shape index (κ3) is 3.45. The summed E-state index contributed by atoms with van der Waals surface area (Å²) in [6, 6.07) is 0.702. The Morgan fingerprint density at radius 3 is 2.59 bits per heavy atom. The Morgan fingerprint density at radius 1 is 1.18 bits per heavy atom. The third-order valence-electron chi connectivity index (χ3n) is 4.66. The summed E-state index contributed by atoms with van der Waals surface area (Å²) >= 11 is 0. The highest BCUT2D eigenvalue weighted by molar-refractivity contribution is 4.89. The van der Waals surface area contributed by atoms with E-state index < -0.39 is 0 Å². The molecule has 0 bridgehead atoms. The van der Waals surface area contributed by atoms with Gasteiger partial charge in [-0.1, -0.05) is 26.7 Å². The molecule has 2 rings (SSSR count). The normalized spacial score (nSPS) is 40.4. The van der Waals surface area contributed by atoms with Crippen LogP contribution in [0.4, 0.5) is 0 Å². The SMILES string of the molecule is CCNC(C1CCCC(C)C1)C1COC(C)C1. The Bertz CT molecular complexity index is 231. The van der Waals surface area contributed by atoms with Gasteiger partial charge in [-0.05, 0) is 44.6 Å². The molecule has 1 aliphatic heterocycles. The smallest absolute Gasteiger partial charge is 0.0551 e. The molecule has 5 unspecified atom stereocenters. The van der Waals surface area contributed by atoms with E-state index >= 15 is 0 Å². The maximum absolute atomic E-state index is 5.77. The van der Waals surface area contributed by atoms with Crippen molar-refractivity contribution in [1.29, 1.82) is 0 Å². The van der Waals surface area contributed by atoms with Crippen molar-refractivity contribution in [2.24, 2.45) is 17.8 Å². The molecule has 2 fully saturated rings. The molecule has 1 heterocycles. The first-order valence-corrected chi connectivity index (χ1v) is 7.55. The second-order valence-corrected chi connectivity index (χ2v) is 6.26. The van der Waals surface area contributed by atoms with Gasteiger partial charge >= 0.3 is 0 Å². The zero-order chi connectivity index (χ0) is 12.3. The van der Waals surface area contributed by atoms with E-state index in [4.69, 9.17) is 4.74 Å². The molecule has 0 aromatic carbocycles. The minimum Gasteiger partial charge on any atom is -0.378 e. The maximum Gasteiger partial charge on any atom is 0.0551 e. The van der Waals surface area contributed by atoms with Crippen LogP contribution < -0.4 is 5.32 Å². The van der Waals surface area contributed by atoms with Gasteiger partial charge in [0.1, 0.15) is 0 Å². The molecule has 0 amide bonds. The molecular formula is C15H29NO. The molecule has 100 valence electrons. The zero-order valence-electron chi connectivity index (χ0n) is 11.7. The van der Waals surface area contributed by atoms with Crippen LogP contribution in [0.1, 0.15) is 52.9 Å². The van der Waals surface area contributed by atoms with Crippen molar-refractivity contribution < 1.29 is 4.74 Å². The number of hydrogen-bond donors (Lipinski definition) is 1. The fourth-order valence-electron chi connectivity index (χ4n) is 3.86. The number of nitrogens with one attached hydrogen (secondary N) is 1. The minimum absolute atomic E-state index is 0.474. The van der Waals surface area contributed by atoms with Gasteiger partial charge in [-0.2, -0.15) is 0 Å². The lowest BCUT2D eigenvalue weighted by Crippen LogP contribution is -2.44. The molecule has 5 atom stereocenters. The lowest BCUT2D eigenvalue weighted by molar-refractivity contribution is 0.108. The zero-order valence-corrected chi connectivity index (χ0v) is 11.7. The van der Waals surface area contributed by atoms with Gasteiger partial charge in [0, 0.05) is 12.0 Å². The van der Waals surface area contributed by atoms with Crippen molar-refractivity contribution in [3.8, 4) is 0 Å². The van der Waals surface area contributed by atoms with Gasteiger partial charge in [-0.25, -0.2) is 0 Å². The van der Waals surface area contributed by atoms with Crippen LogP contribution in [0.15, 0.2) is 0 Å². The van der Waals surface area contributed by atoms with Crippen LogP contribution >= 0.6 is 0 Å². The summed E-state index contributed by atoms with van der Waals surface area (Å²) in [6.07, 6.45) is 7.43. The van der Waals surface area contributed by atoms with E-state index in [0.29, 0.717) is 12.1 Å². The van der Waals surface area contributed by atoms with Crippen LogP contribution in [0.3, 0.4) is 0 Å². The predicted octanol–water partition coefficient (Wildman–Crippen LogP) is 3.22. The molecule has 17 heavy (non-hydrogen) atoms. The summed E-state index contributed by atoms with van der Waals surface area (Å²) in [7, 11) is 0. The van der Waals surface area contributed by atoms with Crippen molar-refractivity contribution in [3.63, 3.8) is 0 Å². The first-order valence-electron chi connectivity index (χ1n) is 7.55. The predicted molar refractivity (Wildman–Crippen MR) is 72.1 cm³/mol. The molecule has 2 heteroatoms. The van der Waals surface area contributed by atoms with E-state index in [1.54, 1.807) is 0 Å². The summed E-state index contributed by atoms with van der Waals surface area (Å²) < 4.78 is 5.77. The largest absolute Gasteiger partial charge is 0.378 e. The highest BCUT2D eigenvalue weighted by Crippen LogP contribution is 2.36. The average Bonchev–Trinajstić information content (AvgIpc) is 2.72. The lowest BCUT2D eigenvalue weighted by atomic mass is 9.74. The van der Waals surface area contributed by atoms with Crippen LogP contribution in [0.2, 0.25) is 0 Å². The van der Waals surface area contributed by atoms with Gasteiger partial charge in [-0.3, -0.25) is 0 Å². The van der Waals surface area contributed by atoms with Crippen molar-refractivity contribution in [2.75, 3.05) is 13.2 Å². The molecule has 0 spiro atoms. The summed E-state index contributed by atoms with van der Waals surface area (Å²) in [5, 5.41) is 3.76. The Balaban J connectivity index is 1.95. The lowest BCUT2D eigenvalue weighted by Gasteiger charge is -2.36. The quantitative estimate of drug-likeness (QED) is 0.813. The molecule has 1 aliphatic carbocycles. The number of ether oxygens (including phenoxy) is 1. The van der Waals surface area contributed by atoms with Crippen LogP contribution in [-0.4, -0.2) is 25.3 Å². The standard InChI is InChI=1S/C15H29NO/c1-4-16-15(14-9-12(3)17-10-14)13-7-5-6-11(2)8-13/h11-16H,4-10H2,1-3H3. The second-order valence-electron chi connectivity index (χ2n) is 6.26. The fraction of sp³-hybridized carbons (Fsp3) is 1.00. The third-order valence-corrected chi connectivity index (χ3v) is 4.66. The summed E-state index contributed by atoms with van der Waals surface area (Å²) in [4.78, 5) is 0. The first-order chi connectivity index (χ1) is 8.20. The van der Waals surface area contributed by atoms with E-state index in [0.717, 1.165) is 30.9 Å². The molecule has 2 nitrogen and oxygen atoms in total. The molecule has 0 radical (unpaired) electrons. The number of rotatable bonds is 4. The van der Waals surface area contributed by atoms with Crippen LogP contribution in [-0.2, 0) is 4.74 Å². The molecule has 0 aromatic rings. The summed E-state index contributed by atoms with van der Waals surface area (Å²) in [5.41, 5.74) is 0. The average molecular weight is 239 g/mol. The van der Waals surface area contributed by atoms with Crippen molar-refractivity contribution in [1.82, 2.24) is 5.32 Å². The maximum atomic E-state index is 5.77. The molecule has 1 saturated carbocycles. The van der Waals surface area contributed by atoms with E-state index in [2.05, 4.69) is 26.1 Å². The Morgan fingerprint density at radius 2 is 2.00 bits per heavy atom. The van der Waals surface area contributed by atoms with Gasteiger partial charge < -0.3 is 10.1 Å². The van der Waals surface area contributed by atoms with E-state index in [1.165, 1.54) is 32.1 Å². The highest BCUT2D eigenvalue weighted by Gasteiger charge is 2.35. The monoisotopic (exact) mass is 239 g/mol. The molecule has 1 N–H and O–H groups in total. The molecule has 0 aromatic heterocycles. The summed E-state index contributed by atoms with van der Waals surface area (Å²) in [5.74, 6) is 2.56. The highest BCUT2D eigenvalue weighted by atomic mass is 16.5. The van der Waals surface area contributed by atoms with Crippen molar-refractivity contribution in [3.05, 3.63) is 0 Å². The first kappa shape index (κ1) is 13.4. The van der Waals surface area contributed by atoms with Crippen molar-refractivity contribution >= 4 is 0 Å². The topological polar surface area (TPSA) is 21.3 Å². The van der Waals surface area contributed by atoms with Gasteiger partial charge in [0.2, 0.25) is 0 Å². The Kier molecular flexibility index (Phi) is 4.87. The van der Waals surface area contributed by atoms with E-state index in [1.807, 2.05) is 0 Å². The van der Waals surface area contributed by atoms with Crippen LogP contribution in [0.25, 0.3) is 0 Å². The molecular weight excluding hydrogens is 210 g/mol. The van der Waals surface area contributed by atoms with E-state index in [9.17, 15) is 0 Å². The van der Waals surface area contributed by atoms with Gasteiger partial charge in [0.15, 0.2) is 0 Å². The van der Waals surface area contributed by atoms with E-state index in [-0.39, 0.29) is 0 Å². The molecule has 2 aliphatic rings. The molecule has 1 saturated heterocycles. The van der Waals surface area contributed by atoms with Crippen LogP contribution in [0, 0.1) is 17.8 Å². The fourth-order valence-corrected chi connectivity index (χ4v) is 3.86. The Hall–Kier alpha value is -0.0800. The van der Waals surface area contributed by atoms with Gasteiger partial charge in [0.25, 0.3) is 0 Å². The van der Waals surface area contributed by atoms with Gasteiger partial charge in [-0.15, -0.1) is 0 Å². The Labute approximate surface area is 107 Å². The summed E-state index contributed by atoms with van der Waals surface area (Å²) in [6.45, 7) is 8.94. The minimum atomic E-state index is 0.474. The van der Waals surface area contributed by atoms with Crippen LogP contribution in [0.5, 0.6) is 0 Å². The van der Waals surface area contributed by atoms with Gasteiger partial charge in [0.05, 0.1) is 12.7 Å².